The van der Waals surface area contributed by atoms with Crippen molar-refractivity contribution in [1.82, 2.24) is 5.32 Å². The second kappa shape index (κ2) is 6.08. The molecule has 7 heteroatoms. The molecule has 0 aliphatic carbocycles. The highest BCUT2D eigenvalue weighted by Crippen LogP contribution is 2.28. The molecule has 2 rings (SSSR count). The molecule has 0 fully saturated rings. The molecule has 0 bridgehead atoms. The number of carboxylic acid groups (broad SMARTS) is 1. The van der Waals surface area contributed by atoms with Crippen LogP contribution in [-0.4, -0.2) is 35.6 Å². The van der Waals surface area contributed by atoms with E-state index in [2.05, 4.69) is 17.2 Å². The molecule has 1 aliphatic heterocycles. The van der Waals surface area contributed by atoms with Crippen LogP contribution in [0.15, 0.2) is 36.9 Å². The Bertz CT molecular complexity index is 600. The lowest BCUT2D eigenvalue weighted by Crippen LogP contribution is -2.51. The molecular formula is C14H15N3O4. The molecule has 3 amide bonds. The molecule has 0 radical (unpaired) electrons. The number of amides is 3. The van der Waals surface area contributed by atoms with E-state index in [1.54, 1.807) is 24.3 Å². The summed E-state index contributed by atoms with van der Waals surface area (Å²) in [6.45, 7) is 3.29. The van der Waals surface area contributed by atoms with Gasteiger partial charge in [0, 0.05) is 0 Å². The van der Waals surface area contributed by atoms with Gasteiger partial charge in [-0.25, -0.2) is 9.59 Å². The number of hydrogen-bond donors (Lipinski definition) is 3. The van der Waals surface area contributed by atoms with Crippen LogP contribution in [0.25, 0.3) is 0 Å². The number of para-hydroxylation sites is 2. The fourth-order valence-electron chi connectivity index (χ4n) is 2.03. The van der Waals surface area contributed by atoms with Crippen molar-refractivity contribution in [3.63, 3.8) is 0 Å². The second-order valence-electron chi connectivity index (χ2n) is 4.52. The molecule has 0 aromatic heterocycles. The van der Waals surface area contributed by atoms with E-state index in [9.17, 15) is 14.4 Å². The zero-order chi connectivity index (χ0) is 15.4. The number of anilines is 2. The Labute approximate surface area is 121 Å². The predicted octanol–water partition coefficient (Wildman–Crippen LogP) is 1.18. The maximum absolute atomic E-state index is 12.2. The van der Waals surface area contributed by atoms with Gasteiger partial charge >= 0.3 is 12.0 Å². The highest BCUT2D eigenvalue weighted by Gasteiger charge is 2.29. The number of nitrogens with zero attached hydrogens (tertiary/aromatic N) is 1. The van der Waals surface area contributed by atoms with Gasteiger partial charge < -0.3 is 15.7 Å². The first kappa shape index (κ1) is 14.6. The number of fused-ring (bicyclic) bond motifs is 1. The molecule has 21 heavy (non-hydrogen) atoms. The first-order valence-corrected chi connectivity index (χ1v) is 6.33. The highest BCUT2D eigenvalue weighted by molar-refractivity contribution is 6.09. The normalized spacial score (nSPS) is 14.7. The van der Waals surface area contributed by atoms with Crippen LogP contribution in [0.5, 0.6) is 0 Å². The molecule has 1 aromatic carbocycles. The summed E-state index contributed by atoms with van der Waals surface area (Å²) >= 11 is 0. The van der Waals surface area contributed by atoms with Gasteiger partial charge in [0.1, 0.15) is 12.6 Å². The Balaban J connectivity index is 2.21. The standard InChI is InChI=1S/C14H15N3O4/c1-2-5-10(13(19)20)16-14(21)17-8-12(18)15-9-6-3-4-7-11(9)17/h2-4,6-7,10H,1,5,8H2,(H,15,18)(H,16,21)(H,19,20). The third kappa shape index (κ3) is 3.19. The van der Waals surface area contributed by atoms with Gasteiger partial charge in [0.2, 0.25) is 5.91 Å². The third-order valence-corrected chi connectivity index (χ3v) is 3.01. The Morgan fingerprint density at radius 2 is 2.19 bits per heavy atom. The molecule has 0 spiro atoms. The van der Waals surface area contributed by atoms with Crippen molar-refractivity contribution in [3.05, 3.63) is 36.9 Å². The number of benzene rings is 1. The van der Waals surface area contributed by atoms with Crippen molar-refractivity contribution in [3.8, 4) is 0 Å². The first-order valence-electron chi connectivity index (χ1n) is 6.33. The molecule has 1 aromatic rings. The summed E-state index contributed by atoms with van der Waals surface area (Å²) in [5.41, 5.74) is 1.04. The number of aliphatic carboxylic acids is 1. The summed E-state index contributed by atoms with van der Waals surface area (Å²) in [4.78, 5) is 36.1. The van der Waals surface area contributed by atoms with Crippen molar-refractivity contribution in [2.24, 2.45) is 0 Å². The van der Waals surface area contributed by atoms with Crippen LogP contribution in [0.2, 0.25) is 0 Å². The number of carboxylic acids is 1. The van der Waals surface area contributed by atoms with E-state index in [1.807, 2.05) is 0 Å². The Kier molecular flexibility index (Phi) is 4.22. The van der Waals surface area contributed by atoms with E-state index in [0.29, 0.717) is 11.4 Å². The van der Waals surface area contributed by atoms with Crippen molar-refractivity contribution in [2.45, 2.75) is 12.5 Å². The maximum atomic E-state index is 12.2. The molecule has 0 saturated heterocycles. The summed E-state index contributed by atoms with van der Waals surface area (Å²) in [6.07, 6.45) is 1.51. The van der Waals surface area contributed by atoms with Gasteiger partial charge in [-0.15, -0.1) is 6.58 Å². The van der Waals surface area contributed by atoms with E-state index in [1.165, 1.54) is 11.0 Å². The van der Waals surface area contributed by atoms with Gasteiger partial charge in [-0.3, -0.25) is 9.69 Å². The summed E-state index contributed by atoms with van der Waals surface area (Å²) in [6, 6.07) is 5.11. The molecule has 3 N–H and O–H groups in total. The fraction of sp³-hybridized carbons (Fsp3) is 0.214. The third-order valence-electron chi connectivity index (χ3n) is 3.01. The molecule has 7 nitrogen and oxygen atoms in total. The van der Waals surface area contributed by atoms with E-state index in [4.69, 9.17) is 5.11 Å². The van der Waals surface area contributed by atoms with Crippen molar-refractivity contribution in [1.29, 1.82) is 0 Å². The van der Waals surface area contributed by atoms with Gasteiger partial charge in [-0.05, 0) is 18.6 Å². The van der Waals surface area contributed by atoms with Gasteiger partial charge in [0.15, 0.2) is 0 Å². The number of nitrogens with one attached hydrogen (secondary N) is 2. The van der Waals surface area contributed by atoms with Crippen LogP contribution >= 0.6 is 0 Å². The predicted molar refractivity (Wildman–Crippen MR) is 77.2 cm³/mol. The van der Waals surface area contributed by atoms with Crippen LogP contribution in [0, 0.1) is 0 Å². The van der Waals surface area contributed by atoms with E-state index in [0.717, 1.165) is 0 Å². The van der Waals surface area contributed by atoms with Crippen molar-refractivity contribution < 1.29 is 19.5 Å². The largest absolute Gasteiger partial charge is 0.480 e. The van der Waals surface area contributed by atoms with Crippen LogP contribution in [-0.2, 0) is 9.59 Å². The van der Waals surface area contributed by atoms with Crippen LogP contribution in [0.4, 0.5) is 16.2 Å². The number of urea groups is 1. The monoisotopic (exact) mass is 289 g/mol. The van der Waals surface area contributed by atoms with Crippen LogP contribution < -0.4 is 15.5 Å². The highest BCUT2D eigenvalue weighted by atomic mass is 16.4. The number of carbonyl (C=O) groups is 3. The second-order valence-corrected chi connectivity index (χ2v) is 4.52. The minimum absolute atomic E-state index is 0.1000. The summed E-state index contributed by atoms with van der Waals surface area (Å²) in [7, 11) is 0. The quantitative estimate of drug-likeness (QED) is 0.725. The van der Waals surface area contributed by atoms with Crippen molar-refractivity contribution >= 4 is 29.3 Å². The lowest BCUT2D eigenvalue weighted by atomic mass is 10.2. The van der Waals surface area contributed by atoms with E-state index < -0.39 is 18.0 Å². The topological polar surface area (TPSA) is 98.7 Å². The van der Waals surface area contributed by atoms with E-state index in [-0.39, 0.29) is 18.9 Å². The molecule has 1 aliphatic rings. The lowest BCUT2D eigenvalue weighted by Gasteiger charge is -2.30. The molecule has 1 unspecified atom stereocenters. The Hall–Kier alpha value is -2.83. The van der Waals surface area contributed by atoms with Gasteiger partial charge in [-0.1, -0.05) is 18.2 Å². The maximum Gasteiger partial charge on any atom is 0.326 e. The minimum Gasteiger partial charge on any atom is -0.480 e. The average Bonchev–Trinajstić information content (AvgIpc) is 2.45. The molecule has 0 saturated carbocycles. The first-order chi connectivity index (χ1) is 10.0. The zero-order valence-electron chi connectivity index (χ0n) is 11.2. The number of carbonyl (C=O) groups excluding carboxylic acids is 2. The Morgan fingerprint density at radius 1 is 1.48 bits per heavy atom. The minimum atomic E-state index is -1.15. The van der Waals surface area contributed by atoms with E-state index >= 15 is 0 Å². The van der Waals surface area contributed by atoms with Gasteiger partial charge in [0.05, 0.1) is 11.4 Å². The smallest absolute Gasteiger partial charge is 0.326 e. The van der Waals surface area contributed by atoms with Gasteiger partial charge in [-0.2, -0.15) is 0 Å². The molecule has 110 valence electrons. The summed E-state index contributed by atoms with van der Waals surface area (Å²) in [5.74, 6) is -1.49. The number of hydrogen-bond acceptors (Lipinski definition) is 3. The van der Waals surface area contributed by atoms with Crippen LogP contribution in [0.1, 0.15) is 6.42 Å². The van der Waals surface area contributed by atoms with Gasteiger partial charge in [0.25, 0.3) is 0 Å². The average molecular weight is 289 g/mol. The van der Waals surface area contributed by atoms with Crippen molar-refractivity contribution in [2.75, 3.05) is 16.8 Å². The zero-order valence-corrected chi connectivity index (χ0v) is 11.2. The lowest BCUT2D eigenvalue weighted by molar-refractivity contribution is -0.139. The number of rotatable bonds is 4. The Morgan fingerprint density at radius 3 is 2.86 bits per heavy atom. The SMILES string of the molecule is C=CCC(NC(=O)N1CC(=O)Nc2ccccc21)C(=O)O. The molecule has 1 atom stereocenters. The summed E-state index contributed by atoms with van der Waals surface area (Å²) in [5, 5.41) is 14.1. The molecule has 1 heterocycles. The summed E-state index contributed by atoms with van der Waals surface area (Å²) < 4.78 is 0. The molecular weight excluding hydrogens is 274 g/mol. The van der Waals surface area contributed by atoms with Crippen LogP contribution in [0.3, 0.4) is 0 Å². The fourth-order valence-corrected chi connectivity index (χ4v) is 2.03.